The van der Waals surface area contributed by atoms with Gasteiger partial charge in [-0.15, -0.1) is 5.10 Å². The van der Waals surface area contributed by atoms with E-state index in [1.165, 1.54) is 11.0 Å². The number of hydrogen-bond donors (Lipinski definition) is 2. The van der Waals surface area contributed by atoms with Crippen LogP contribution in [0.2, 0.25) is 0 Å². The zero-order chi connectivity index (χ0) is 15.9. The van der Waals surface area contributed by atoms with E-state index in [1.54, 1.807) is 0 Å². The molecule has 0 aliphatic heterocycles. The number of rotatable bonds is 7. The minimum Gasteiger partial charge on any atom is -0.394 e. The van der Waals surface area contributed by atoms with Gasteiger partial charge in [0.15, 0.2) is 6.04 Å². The molecular formula is C15H21N5O2. The second-order valence-corrected chi connectivity index (χ2v) is 5.29. The summed E-state index contributed by atoms with van der Waals surface area (Å²) in [6.45, 7) is 3.92. The lowest BCUT2D eigenvalue weighted by Gasteiger charge is -2.25. The van der Waals surface area contributed by atoms with Crippen molar-refractivity contribution in [1.29, 1.82) is 0 Å². The summed E-state index contributed by atoms with van der Waals surface area (Å²) in [6.07, 6.45) is 2.28. The standard InChI is InChI=1S/C15H21N5O2/c1-3-11(2)13(9-21)17-15(22)14(20-10-16-18-19-20)12-7-5-4-6-8-12/h4-8,10-11,13-14,21H,3,9H2,1-2H3,(H,17,22)/t11-,13-,14+/m0/s1. The maximum absolute atomic E-state index is 12.7. The second-order valence-electron chi connectivity index (χ2n) is 5.29. The minimum atomic E-state index is -0.658. The molecule has 1 heterocycles. The average molecular weight is 303 g/mol. The van der Waals surface area contributed by atoms with Crippen molar-refractivity contribution in [2.24, 2.45) is 5.92 Å². The topological polar surface area (TPSA) is 92.9 Å². The van der Waals surface area contributed by atoms with Gasteiger partial charge in [0.1, 0.15) is 6.33 Å². The van der Waals surface area contributed by atoms with E-state index in [2.05, 4.69) is 20.8 Å². The Morgan fingerprint density at radius 3 is 2.64 bits per heavy atom. The molecule has 0 aliphatic rings. The third-order valence-corrected chi connectivity index (χ3v) is 3.85. The van der Waals surface area contributed by atoms with Crippen molar-refractivity contribution in [3.05, 3.63) is 42.2 Å². The number of benzene rings is 1. The molecule has 2 aromatic rings. The molecule has 3 atom stereocenters. The molecule has 0 fully saturated rings. The van der Waals surface area contributed by atoms with Crippen LogP contribution in [0.4, 0.5) is 0 Å². The predicted molar refractivity (Wildman–Crippen MR) is 80.9 cm³/mol. The second kappa shape index (κ2) is 7.65. The molecule has 0 aliphatic carbocycles. The van der Waals surface area contributed by atoms with Gasteiger partial charge in [-0.05, 0) is 21.9 Å². The quantitative estimate of drug-likeness (QED) is 0.788. The van der Waals surface area contributed by atoms with Gasteiger partial charge in [0, 0.05) is 0 Å². The number of tetrazole rings is 1. The minimum absolute atomic E-state index is 0.0993. The summed E-state index contributed by atoms with van der Waals surface area (Å²) >= 11 is 0. The molecule has 0 saturated carbocycles. The van der Waals surface area contributed by atoms with E-state index < -0.39 is 6.04 Å². The first-order chi connectivity index (χ1) is 10.7. The Morgan fingerprint density at radius 1 is 1.36 bits per heavy atom. The van der Waals surface area contributed by atoms with Crippen LogP contribution in [-0.4, -0.2) is 43.9 Å². The van der Waals surface area contributed by atoms with Crippen molar-refractivity contribution in [3.63, 3.8) is 0 Å². The molecule has 118 valence electrons. The summed E-state index contributed by atoms with van der Waals surface area (Å²) in [6, 6.07) is 8.35. The number of aliphatic hydroxyl groups excluding tert-OH is 1. The highest BCUT2D eigenvalue weighted by Crippen LogP contribution is 2.18. The van der Waals surface area contributed by atoms with Crippen molar-refractivity contribution >= 4 is 5.91 Å². The van der Waals surface area contributed by atoms with E-state index in [-0.39, 0.29) is 24.5 Å². The lowest BCUT2D eigenvalue weighted by atomic mass is 9.98. The fourth-order valence-electron chi connectivity index (χ4n) is 2.26. The third-order valence-electron chi connectivity index (χ3n) is 3.85. The normalized spacial score (nSPS) is 15.0. The molecule has 0 saturated heterocycles. The zero-order valence-electron chi connectivity index (χ0n) is 12.8. The fraction of sp³-hybridized carbons (Fsp3) is 0.467. The first-order valence-corrected chi connectivity index (χ1v) is 7.36. The SMILES string of the molecule is CC[C@H](C)[C@H](CO)NC(=O)[C@@H](c1ccccc1)n1cnnn1. The lowest BCUT2D eigenvalue weighted by molar-refractivity contribution is -0.125. The molecule has 7 heteroatoms. The number of carbonyl (C=O) groups excluding carboxylic acids is 1. The van der Waals surface area contributed by atoms with Gasteiger partial charge >= 0.3 is 0 Å². The van der Waals surface area contributed by atoms with Crippen LogP contribution in [0.25, 0.3) is 0 Å². The van der Waals surface area contributed by atoms with Gasteiger partial charge in [-0.2, -0.15) is 0 Å². The van der Waals surface area contributed by atoms with Crippen LogP contribution in [0.1, 0.15) is 31.9 Å². The number of aliphatic hydroxyl groups is 1. The van der Waals surface area contributed by atoms with Gasteiger partial charge in [-0.1, -0.05) is 50.6 Å². The number of nitrogens with zero attached hydrogens (tertiary/aromatic N) is 4. The van der Waals surface area contributed by atoms with Crippen molar-refractivity contribution in [3.8, 4) is 0 Å². The largest absolute Gasteiger partial charge is 0.394 e. The summed E-state index contributed by atoms with van der Waals surface area (Å²) in [7, 11) is 0. The van der Waals surface area contributed by atoms with Gasteiger partial charge in [-0.25, -0.2) is 4.68 Å². The number of nitrogens with one attached hydrogen (secondary N) is 1. The molecule has 1 aromatic heterocycles. The van der Waals surface area contributed by atoms with Crippen LogP contribution in [-0.2, 0) is 4.79 Å². The van der Waals surface area contributed by atoms with E-state index in [0.29, 0.717) is 0 Å². The van der Waals surface area contributed by atoms with E-state index in [4.69, 9.17) is 0 Å². The molecule has 22 heavy (non-hydrogen) atoms. The van der Waals surface area contributed by atoms with Gasteiger partial charge in [0.2, 0.25) is 5.91 Å². The van der Waals surface area contributed by atoms with Crippen molar-refractivity contribution in [2.75, 3.05) is 6.61 Å². The summed E-state index contributed by atoms with van der Waals surface area (Å²) < 4.78 is 1.41. The Morgan fingerprint density at radius 2 is 2.09 bits per heavy atom. The van der Waals surface area contributed by atoms with Gasteiger partial charge in [0.25, 0.3) is 0 Å². The molecule has 2 rings (SSSR count). The molecular weight excluding hydrogens is 282 g/mol. The lowest BCUT2D eigenvalue weighted by Crippen LogP contribution is -2.45. The first-order valence-electron chi connectivity index (χ1n) is 7.36. The van der Waals surface area contributed by atoms with Crippen molar-refractivity contribution < 1.29 is 9.90 Å². The Bertz CT molecular complexity index is 573. The summed E-state index contributed by atoms with van der Waals surface area (Å²) in [5.74, 6) is -0.0582. The van der Waals surface area contributed by atoms with Crippen LogP contribution in [0.15, 0.2) is 36.7 Å². The maximum Gasteiger partial charge on any atom is 0.249 e. The molecule has 0 unspecified atom stereocenters. The fourth-order valence-corrected chi connectivity index (χ4v) is 2.26. The summed E-state index contributed by atoms with van der Waals surface area (Å²) in [5.41, 5.74) is 0.785. The van der Waals surface area contributed by atoms with Crippen LogP contribution >= 0.6 is 0 Å². The van der Waals surface area contributed by atoms with Gasteiger partial charge in [0.05, 0.1) is 12.6 Å². The summed E-state index contributed by atoms with van der Waals surface area (Å²) in [4.78, 5) is 12.7. The van der Waals surface area contributed by atoms with E-state index >= 15 is 0 Å². The zero-order valence-corrected chi connectivity index (χ0v) is 12.8. The smallest absolute Gasteiger partial charge is 0.249 e. The van der Waals surface area contributed by atoms with Crippen LogP contribution in [0.3, 0.4) is 0 Å². The Hall–Kier alpha value is -2.28. The van der Waals surface area contributed by atoms with Crippen molar-refractivity contribution in [1.82, 2.24) is 25.5 Å². The summed E-state index contributed by atoms with van der Waals surface area (Å²) in [5, 5.41) is 23.4. The highest BCUT2D eigenvalue weighted by atomic mass is 16.3. The number of amides is 1. The number of hydrogen-bond acceptors (Lipinski definition) is 5. The monoisotopic (exact) mass is 303 g/mol. The molecule has 0 bridgehead atoms. The Kier molecular flexibility index (Phi) is 5.60. The van der Waals surface area contributed by atoms with Gasteiger partial charge in [-0.3, -0.25) is 4.79 Å². The molecule has 0 radical (unpaired) electrons. The Labute approximate surface area is 129 Å². The molecule has 2 N–H and O–H groups in total. The number of aromatic nitrogens is 4. The predicted octanol–water partition coefficient (Wildman–Crippen LogP) is 0.786. The van der Waals surface area contributed by atoms with E-state index in [1.807, 2.05) is 44.2 Å². The van der Waals surface area contributed by atoms with Crippen LogP contribution in [0.5, 0.6) is 0 Å². The highest BCUT2D eigenvalue weighted by Gasteiger charge is 2.27. The highest BCUT2D eigenvalue weighted by molar-refractivity contribution is 5.83. The average Bonchev–Trinajstić information content (AvgIpc) is 3.07. The molecule has 7 nitrogen and oxygen atoms in total. The Balaban J connectivity index is 2.24. The van der Waals surface area contributed by atoms with E-state index in [0.717, 1.165) is 12.0 Å². The van der Waals surface area contributed by atoms with E-state index in [9.17, 15) is 9.90 Å². The molecule has 1 amide bonds. The molecule has 0 spiro atoms. The van der Waals surface area contributed by atoms with Crippen molar-refractivity contribution in [2.45, 2.75) is 32.4 Å². The van der Waals surface area contributed by atoms with Crippen LogP contribution in [0, 0.1) is 5.92 Å². The third kappa shape index (κ3) is 3.67. The maximum atomic E-state index is 12.7. The first kappa shape index (κ1) is 16.1. The van der Waals surface area contributed by atoms with Gasteiger partial charge < -0.3 is 10.4 Å². The number of carbonyl (C=O) groups is 1. The molecule has 1 aromatic carbocycles. The van der Waals surface area contributed by atoms with Crippen LogP contribution < -0.4 is 5.32 Å².